The fourth-order valence-corrected chi connectivity index (χ4v) is 3.91. The van der Waals surface area contributed by atoms with Gasteiger partial charge in [0.05, 0.1) is 31.9 Å². The number of aliphatic hydroxyl groups is 1. The van der Waals surface area contributed by atoms with E-state index in [4.69, 9.17) is 9.73 Å². The van der Waals surface area contributed by atoms with Crippen molar-refractivity contribution in [2.24, 2.45) is 4.99 Å². The molecule has 0 spiro atoms. The van der Waals surface area contributed by atoms with Crippen LogP contribution in [0.1, 0.15) is 44.2 Å². The van der Waals surface area contributed by atoms with Crippen LogP contribution in [-0.4, -0.2) is 67.5 Å². The lowest BCUT2D eigenvalue weighted by molar-refractivity contribution is 0.0179. The Morgan fingerprint density at radius 2 is 1.89 bits per heavy atom. The predicted molar refractivity (Wildman–Crippen MR) is 109 cm³/mol. The lowest BCUT2D eigenvalue weighted by Gasteiger charge is -2.34. The van der Waals surface area contributed by atoms with E-state index in [0.717, 1.165) is 64.5 Å². The zero-order valence-electron chi connectivity index (χ0n) is 16.4. The molecule has 27 heavy (non-hydrogen) atoms. The molecule has 0 aromatic heterocycles. The van der Waals surface area contributed by atoms with Gasteiger partial charge in [-0.1, -0.05) is 30.3 Å². The van der Waals surface area contributed by atoms with Gasteiger partial charge in [-0.25, -0.2) is 0 Å². The highest BCUT2D eigenvalue weighted by Gasteiger charge is 2.23. The Hall–Kier alpha value is -1.63. The summed E-state index contributed by atoms with van der Waals surface area (Å²) in [5.74, 6) is 0.882. The van der Waals surface area contributed by atoms with E-state index in [1.807, 2.05) is 0 Å². The van der Waals surface area contributed by atoms with Gasteiger partial charge in [-0.2, -0.15) is 0 Å². The number of rotatable bonds is 6. The van der Waals surface area contributed by atoms with Gasteiger partial charge in [0, 0.05) is 25.7 Å². The molecule has 0 bridgehead atoms. The Kier molecular flexibility index (Phi) is 7.93. The van der Waals surface area contributed by atoms with Crippen molar-refractivity contribution >= 4 is 5.96 Å². The maximum absolute atomic E-state index is 9.72. The lowest BCUT2D eigenvalue weighted by atomic mass is 9.93. The molecule has 1 saturated carbocycles. The van der Waals surface area contributed by atoms with Gasteiger partial charge in [0.2, 0.25) is 0 Å². The minimum absolute atomic E-state index is 0.133. The van der Waals surface area contributed by atoms with Crippen LogP contribution < -0.4 is 10.6 Å². The number of aliphatic hydroxyl groups excluding tert-OH is 1. The molecule has 3 rings (SSSR count). The van der Waals surface area contributed by atoms with E-state index in [-0.39, 0.29) is 12.1 Å². The second kappa shape index (κ2) is 10.6. The van der Waals surface area contributed by atoms with Gasteiger partial charge in [-0.3, -0.25) is 9.89 Å². The van der Waals surface area contributed by atoms with Crippen LogP contribution in [0.3, 0.4) is 0 Å². The molecule has 1 saturated heterocycles. The molecular formula is C21H34N4O2. The number of hydrogen-bond acceptors (Lipinski definition) is 4. The first kappa shape index (κ1) is 20.1. The summed E-state index contributed by atoms with van der Waals surface area (Å²) < 4.78 is 5.54. The molecular weight excluding hydrogens is 340 g/mol. The summed E-state index contributed by atoms with van der Waals surface area (Å²) in [5.41, 5.74) is 1.31. The number of morpholine rings is 1. The van der Waals surface area contributed by atoms with Crippen LogP contribution in [0.15, 0.2) is 35.3 Å². The van der Waals surface area contributed by atoms with E-state index in [1.54, 1.807) is 0 Å². The maximum Gasteiger partial charge on any atom is 0.191 e. The van der Waals surface area contributed by atoms with Crippen LogP contribution in [-0.2, 0) is 4.74 Å². The molecule has 2 aliphatic rings. The molecule has 150 valence electrons. The summed E-state index contributed by atoms with van der Waals surface area (Å²) in [4.78, 5) is 7.40. The SMILES string of the molecule is CCNC(=NCC(c1ccccc1)N1CCOCC1)NC1CCC(O)CC1. The van der Waals surface area contributed by atoms with Gasteiger partial charge >= 0.3 is 0 Å². The van der Waals surface area contributed by atoms with Crippen molar-refractivity contribution in [2.45, 2.75) is 50.8 Å². The van der Waals surface area contributed by atoms with Gasteiger partial charge < -0.3 is 20.5 Å². The maximum atomic E-state index is 9.72. The Labute approximate surface area is 163 Å². The largest absolute Gasteiger partial charge is 0.393 e. The molecule has 1 heterocycles. The van der Waals surface area contributed by atoms with Crippen molar-refractivity contribution in [1.82, 2.24) is 15.5 Å². The molecule has 2 fully saturated rings. The molecule has 1 aromatic carbocycles. The van der Waals surface area contributed by atoms with Crippen LogP contribution in [0.4, 0.5) is 0 Å². The summed E-state index contributed by atoms with van der Waals surface area (Å²) in [7, 11) is 0. The van der Waals surface area contributed by atoms with Crippen LogP contribution >= 0.6 is 0 Å². The van der Waals surface area contributed by atoms with Crippen molar-refractivity contribution in [3.05, 3.63) is 35.9 Å². The number of nitrogens with one attached hydrogen (secondary N) is 2. The van der Waals surface area contributed by atoms with Gasteiger partial charge in [-0.15, -0.1) is 0 Å². The summed E-state index contributed by atoms with van der Waals surface area (Å²) in [6.07, 6.45) is 3.61. The highest BCUT2D eigenvalue weighted by molar-refractivity contribution is 5.80. The molecule has 0 radical (unpaired) electrons. The second-order valence-corrected chi connectivity index (χ2v) is 7.44. The minimum Gasteiger partial charge on any atom is -0.393 e. The van der Waals surface area contributed by atoms with E-state index in [1.165, 1.54) is 5.56 Å². The van der Waals surface area contributed by atoms with E-state index < -0.39 is 0 Å². The van der Waals surface area contributed by atoms with E-state index in [9.17, 15) is 5.11 Å². The van der Waals surface area contributed by atoms with Crippen LogP contribution in [0.25, 0.3) is 0 Å². The fourth-order valence-electron chi connectivity index (χ4n) is 3.91. The summed E-state index contributed by atoms with van der Waals surface area (Å²) in [6.45, 7) is 7.12. The first-order chi connectivity index (χ1) is 13.3. The Morgan fingerprint density at radius 1 is 1.19 bits per heavy atom. The Balaban J connectivity index is 1.67. The summed E-state index contributed by atoms with van der Waals surface area (Å²) in [6, 6.07) is 11.3. The van der Waals surface area contributed by atoms with Gasteiger partial charge in [0.25, 0.3) is 0 Å². The third-order valence-electron chi connectivity index (χ3n) is 5.47. The monoisotopic (exact) mass is 374 g/mol. The third kappa shape index (κ3) is 6.19. The molecule has 0 amide bonds. The lowest BCUT2D eigenvalue weighted by Crippen LogP contribution is -2.46. The van der Waals surface area contributed by atoms with E-state index >= 15 is 0 Å². The summed E-state index contributed by atoms with van der Waals surface area (Å²) in [5, 5.41) is 16.7. The first-order valence-electron chi connectivity index (χ1n) is 10.4. The molecule has 1 aromatic rings. The quantitative estimate of drug-likeness (QED) is 0.524. The minimum atomic E-state index is -0.133. The standard InChI is InChI=1S/C21H34N4O2/c1-2-22-21(24-18-8-10-19(26)11-9-18)23-16-20(17-6-4-3-5-7-17)25-12-14-27-15-13-25/h3-7,18-20,26H,2,8-16H2,1H3,(H2,22,23,24). The van der Waals surface area contributed by atoms with Crippen molar-refractivity contribution in [3.63, 3.8) is 0 Å². The normalized spacial score (nSPS) is 25.8. The molecule has 1 atom stereocenters. The number of hydrogen-bond donors (Lipinski definition) is 3. The van der Waals surface area contributed by atoms with Crippen LogP contribution in [0.5, 0.6) is 0 Å². The number of aliphatic imine (C=N–C) groups is 1. The first-order valence-corrected chi connectivity index (χ1v) is 10.4. The molecule has 1 aliphatic carbocycles. The average molecular weight is 375 g/mol. The number of ether oxygens (including phenoxy) is 1. The Bertz CT molecular complexity index is 567. The Morgan fingerprint density at radius 3 is 2.56 bits per heavy atom. The van der Waals surface area contributed by atoms with Crippen molar-refractivity contribution in [1.29, 1.82) is 0 Å². The number of nitrogens with zero attached hydrogens (tertiary/aromatic N) is 2. The average Bonchev–Trinajstić information content (AvgIpc) is 2.71. The topological polar surface area (TPSA) is 69.1 Å². The molecule has 6 nitrogen and oxygen atoms in total. The molecule has 1 aliphatic heterocycles. The predicted octanol–water partition coefficient (Wildman–Crippen LogP) is 1.92. The number of guanidine groups is 1. The highest BCUT2D eigenvalue weighted by Crippen LogP contribution is 2.22. The van der Waals surface area contributed by atoms with Crippen LogP contribution in [0, 0.1) is 0 Å². The third-order valence-corrected chi connectivity index (χ3v) is 5.47. The van der Waals surface area contributed by atoms with E-state index in [0.29, 0.717) is 12.6 Å². The highest BCUT2D eigenvalue weighted by atomic mass is 16.5. The second-order valence-electron chi connectivity index (χ2n) is 7.44. The number of benzene rings is 1. The van der Waals surface area contributed by atoms with Crippen molar-refractivity contribution in [3.8, 4) is 0 Å². The zero-order chi connectivity index (χ0) is 18.9. The smallest absolute Gasteiger partial charge is 0.191 e. The van der Waals surface area contributed by atoms with Gasteiger partial charge in [0.1, 0.15) is 0 Å². The van der Waals surface area contributed by atoms with Gasteiger partial charge in [0.15, 0.2) is 5.96 Å². The fraction of sp³-hybridized carbons (Fsp3) is 0.667. The molecule has 6 heteroatoms. The van der Waals surface area contributed by atoms with Gasteiger partial charge in [-0.05, 0) is 38.2 Å². The zero-order valence-corrected chi connectivity index (χ0v) is 16.4. The molecule has 1 unspecified atom stereocenters. The van der Waals surface area contributed by atoms with E-state index in [2.05, 4.69) is 52.8 Å². The van der Waals surface area contributed by atoms with Crippen LogP contribution in [0.2, 0.25) is 0 Å². The summed E-state index contributed by atoms with van der Waals surface area (Å²) >= 11 is 0. The van der Waals surface area contributed by atoms with Crippen molar-refractivity contribution < 1.29 is 9.84 Å². The van der Waals surface area contributed by atoms with Crippen molar-refractivity contribution in [2.75, 3.05) is 39.4 Å². The molecule has 3 N–H and O–H groups in total.